The minimum atomic E-state index is -0.0467. The summed E-state index contributed by atoms with van der Waals surface area (Å²) in [6.07, 6.45) is 5.13. The third-order valence-electron chi connectivity index (χ3n) is 3.61. The van der Waals surface area contributed by atoms with E-state index < -0.39 is 0 Å². The molecule has 3 rings (SSSR count). The van der Waals surface area contributed by atoms with Gasteiger partial charge in [0.05, 0.1) is 11.4 Å². The van der Waals surface area contributed by atoms with Crippen molar-refractivity contribution in [2.24, 2.45) is 0 Å². The van der Waals surface area contributed by atoms with Gasteiger partial charge in [0.1, 0.15) is 12.7 Å². The Morgan fingerprint density at radius 1 is 1.17 bits per heavy atom. The van der Waals surface area contributed by atoms with Gasteiger partial charge in [0.15, 0.2) is 0 Å². The van der Waals surface area contributed by atoms with Crippen LogP contribution in [0.5, 0.6) is 0 Å². The number of aromatic nitrogens is 3. The lowest BCUT2D eigenvalue weighted by molar-refractivity contribution is -0.116. The van der Waals surface area contributed by atoms with Gasteiger partial charge in [-0.2, -0.15) is 5.10 Å². The highest BCUT2D eigenvalue weighted by Crippen LogP contribution is 2.24. The first kappa shape index (κ1) is 16.2. The van der Waals surface area contributed by atoms with Crippen LogP contribution in [0.4, 0.5) is 5.69 Å². The Bertz CT molecular complexity index is 803. The first-order valence-electron chi connectivity index (χ1n) is 7.71. The maximum absolute atomic E-state index is 12.2. The number of nitrogens with one attached hydrogen (secondary N) is 1. The zero-order valence-electron chi connectivity index (χ0n) is 13.0. The number of anilines is 1. The van der Waals surface area contributed by atoms with Crippen molar-refractivity contribution < 1.29 is 4.79 Å². The van der Waals surface area contributed by atoms with E-state index in [0.717, 1.165) is 18.5 Å². The molecule has 0 saturated carbocycles. The van der Waals surface area contributed by atoms with Crippen molar-refractivity contribution in [3.05, 3.63) is 71.8 Å². The fraction of sp³-hybridized carbons (Fsp3) is 0.167. The third-order valence-corrected chi connectivity index (χ3v) is 3.85. The van der Waals surface area contributed by atoms with Gasteiger partial charge in [-0.15, -0.1) is 0 Å². The number of rotatable bonds is 6. The molecule has 1 aromatic heterocycles. The van der Waals surface area contributed by atoms with Gasteiger partial charge in [0, 0.05) is 11.4 Å². The molecule has 0 spiro atoms. The van der Waals surface area contributed by atoms with E-state index in [-0.39, 0.29) is 5.91 Å². The molecule has 5 nitrogen and oxygen atoms in total. The molecule has 1 amide bonds. The van der Waals surface area contributed by atoms with E-state index in [1.165, 1.54) is 11.9 Å². The van der Waals surface area contributed by atoms with Crippen LogP contribution >= 0.6 is 11.6 Å². The molecule has 0 saturated heterocycles. The number of amides is 1. The molecular formula is C18H17ClN4O. The summed E-state index contributed by atoms with van der Waals surface area (Å²) < 4.78 is 1.59. The minimum Gasteiger partial charge on any atom is -0.324 e. The second-order valence-corrected chi connectivity index (χ2v) is 5.83. The number of nitrogens with zero attached hydrogens (tertiary/aromatic N) is 3. The summed E-state index contributed by atoms with van der Waals surface area (Å²) in [4.78, 5) is 16.2. The van der Waals surface area contributed by atoms with Crippen molar-refractivity contribution in [1.82, 2.24) is 14.8 Å². The first-order chi connectivity index (χ1) is 11.7. The highest BCUT2D eigenvalue weighted by Gasteiger charge is 2.10. The van der Waals surface area contributed by atoms with E-state index in [9.17, 15) is 4.79 Å². The van der Waals surface area contributed by atoms with Crippen molar-refractivity contribution in [3.8, 4) is 5.69 Å². The summed E-state index contributed by atoms with van der Waals surface area (Å²) in [6, 6.07) is 15.4. The molecule has 24 heavy (non-hydrogen) atoms. The molecule has 1 N–H and O–H groups in total. The lowest BCUT2D eigenvalue weighted by atomic mass is 10.1. The molecule has 3 aromatic rings. The van der Waals surface area contributed by atoms with E-state index in [1.54, 1.807) is 29.2 Å². The predicted octanol–water partition coefficient (Wildman–Crippen LogP) is 3.88. The third kappa shape index (κ3) is 4.20. The van der Waals surface area contributed by atoms with Crippen molar-refractivity contribution >= 4 is 23.2 Å². The van der Waals surface area contributed by atoms with Gasteiger partial charge in [-0.1, -0.05) is 41.9 Å². The molecule has 0 radical (unpaired) electrons. The zero-order chi connectivity index (χ0) is 16.8. The Labute approximate surface area is 145 Å². The number of hydrogen-bond acceptors (Lipinski definition) is 3. The number of benzene rings is 2. The molecule has 0 atom stereocenters. The van der Waals surface area contributed by atoms with Crippen molar-refractivity contribution in [1.29, 1.82) is 0 Å². The largest absolute Gasteiger partial charge is 0.324 e. The fourth-order valence-electron chi connectivity index (χ4n) is 2.45. The Hall–Kier alpha value is -2.66. The van der Waals surface area contributed by atoms with Crippen LogP contribution < -0.4 is 5.32 Å². The average molecular weight is 341 g/mol. The smallest absolute Gasteiger partial charge is 0.224 e. The van der Waals surface area contributed by atoms with E-state index in [2.05, 4.69) is 27.5 Å². The van der Waals surface area contributed by atoms with E-state index >= 15 is 0 Å². The summed E-state index contributed by atoms with van der Waals surface area (Å²) in [5.74, 6) is -0.0467. The number of halogens is 1. The van der Waals surface area contributed by atoms with Crippen LogP contribution in [0, 0.1) is 0 Å². The van der Waals surface area contributed by atoms with Crippen molar-refractivity contribution in [2.75, 3.05) is 5.32 Å². The second-order valence-electron chi connectivity index (χ2n) is 5.39. The summed E-state index contributed by atoms with van der Waals surface area (Å²) in [5.41, 5.74) is 2.59. The fourth-order valence-corrected chi connectivity index (χ4v) is 2.62. The number of hydrogen-bond donors (Lipinski definition) is 1. The zero-order valence-corrected chi connectivity index (χ0v) is 13.8. The summed E-state index contributed by atoms with van der Waals surface area (Å²) >= 11 is 6.05. The molecule has 0 fully saturated rings. The molecule has 0 aliphatic carbocycles. The highest BCUT2D eigenvalue weighted by atomic mass is 35.5. The molecule has 0 aliphatic rings. The summed E-state index contributed by atoms with van der Waals surface area (Å²) in [7, 11) is 0. The molecule has 122 valence electrons. The Morgan fingerprint density at radius 2 is 2.00 bits per heavy atom. The monoisotopic (exact) mass is 340 g/mol. The highest BCUT2D eigenvalue weighted by molar-refractivity contribution is 6.31. The molecule has 0 bridgehead atoms. The summed E-state index contributed by atoms with van der Waals surface area (Å²) in [5, 5.41) is 7.57. The van der Waals surface area contributed by atoms with Crippen LogP contribution in [0.15, 0.2) is 61.2 Å². The van der Waals surface area contributed by atoms with Gasteiger partial charge >= 0.3 is 0 Å². The SMILES string of the molecule is O=C(CCCc1ccccc1)Nc1cc(Cl)ccc1-n1cncn1. The maximum atomic E-state index is 12.2. The van der Waals surface area contributed by atoms with E-state index in [0.29, 0.717) is 17.1 Å². The Balaban J connectivity index is 1.63. The Morgan fingerprint density at radius 3 is 2.75 bits per heavy atom. The predicted molar refractivity (Wildman–Crippen MR) is 94.4 cm³/mol. The van der Waals surface area contributed by atoms with Crippen LogP contribution in [0.3, 0.4) is 0 Å². The van der Waals surface area contributed by atoms with Gasteiger partial charge < -0.3 is 5.32 Å². The molecule has 0 unspecified atom stereocenters. The van der Waals surface area contributed by atoms with E-state index in [4.69, 9.17) is 11.6 Å². The van der Waals surface area contributed by atoms with Gasteiger partial charge in [-0.25, -0.2) is 9.67 Å². The molecule has 0 aliphatic heterocycles. The van der Waals surface area contributed by atoms with Gasteiger partial charge in [0.2, 0.25) is 5.91 Å². The first-order valence-corrected chi connectivity index (χ1v) is 8.08. The van der Waals surface area contributed by atoms with Crippen LogP contribution in [-0.4, -0.2) is 20.7 Å². The topological polar surface area (TPSA) is 59.8 Å². The van der Waals surface area contributed by atoms with Crippen LogP contribution in [0.1, 0.15) is 18.4 Å². The lowest BCUT2D eigenvalue weighted by Gasteiger charge is -2.11. The normalized spacial score (nSPS) is 10.5. The van der Waals surface area contributed by atoms with Crippen molar-refractivity contribution in [2.45, 2.75) is 19.3 Å². The second kappa shape index (κ2) is 7.75. The van der Waals surface area contributed by atoms with Gasteiger partial charge in [-0.3, -0.25) is 4.79 Å². The van der Waals surface area contributed by atoms with Crippen molar-refractivity contribution in [3.63, 3.8) is 0 Å². The van der Waals surface area contributed by atoms with E-state index in [1.807, 2.05) is 18.2 Å². The summed E-state index contributed by atoms with van der Waals surface area (Å²) in [6.45, 7) is 0. The molecule has 2 aromatic carbocycles. The van der Waals surface area contributed by atoms with Crippen LogP contribution in [0.25, 0.3) is 5.69 Å². The average Bonchev–Trinajstić information content (AvgIpc) is 3.10. The van der Waals surface area contributed by atoms with Crippen LogP contribution in [0.2, 0.25) is 5.02 Å². The van der Waals surface area contributed by atoms with Gasteiger partial charge in [0.25, 0.3) is 0 Å². The lowest BCUT2D eigenvalue weighted by Crippen LogP contribution is -2.13. The maximum Gasteiger partial charge on any atom is 0.224 e. The number of carbonyl (C=O) groups is 1. The van der Waals surface area contributed by atoms with Crippen LogP contribution in [-0.2, 0) is 11.2 Å². The molecular weight excluding hydrogens is 324 g/mol. The molecule has 6 heteroatoms. The number of aryl methyl sites for hydroxylation is 1. The Kier molecular flexibility index (Phi) is 5.23. The number of carbonyl (C=O) groups excluding carboxylic acids is 1. The van der Waals surface area contributed by atoms with Gasteiger partial charge in [-0.05, 0) is 36.6 Å². The standard InChI is InChI=1S/C18H17ClN4O/c19-15-9-10-17(23-13-20-12-21-23)16(11-15)22-18(24)8-4-7-14-5-2-1-3-6-14/h1-3,5-6,9-13H,4,7-8H2,(H,22,24). The minimum absolute atomic E-state index is 0.0467. The quantitative estimate of drug-likeness (QED) is 0.740. The molecule has 1 heterocycles.